The number of benzene rings is 2. The fourth-order valence-corrected chi connectivity index (χ4v) is 3.69. The van der Waals surface area contributed by atoms with E-state index in [-0.39, 0.29) is 11.2 Å². The van der Waals surface area contributed by atoms with Crippen molar-refractivity contribution in [1.29, 1.82) is 0 Å². The van der Waals surface area contributed by atoms with E-state index in [1.165, 1.54) is 0 Å². The first-order valence-corrected chi connectivity index (χ1v) is 6.85. The summed E-state index contributed by atoms with van der Waals surface area (Å²) in [5, 5.41) is 2.23. The second kappa shape index (κ2) is 3.26. The van der Waals surface area contributed by atoms with Gasteiger partial charge in [0.25, 0.3) is 0 Å². The zero-order valence-corrected chi connectivity index (χ0v) is 11.2. The zero-order chi connectivity index (χ0) is 13.3. The molecule has 1 heterocycles. The quantitative estimate of drug-likeness (QED) is 0.774. The van der Waals surface area contributed by atoms with Crippen molar-refractivity contribution in [1.82, 2.24) is 0 Å². The first-order chi connectivity index (χ1) is 9.14. The van der Waals surface area contributed by atoms with Crippen molar-refractivity contribution in [3.05, 3.63) is 47.5 Å². The molecule has 0 N–H and O–H groups in total. The maximum absolute atomic E-state index is 12.9. The summed E-state index contributed by atoms with van der Waals surface area (Å²) < 4.78 is 5.92. The third kappa shape index (κ3) is 1.02. The number of carbonyl (C=O) groups excluding carboxylic acids is 1. The van der Waals surface area contributed by atoms with Crippen LogP contribution in [0.1, 0.15) is 36.2 Å². The number of fused-ring (bicyclic) bond motifs is 1. The van der Waals surface area contributed by atoms with Gasteiger partial charge in [-0.25, -0.2) is 0 Å². The molecule has 2 nitrogen and oxygen atoms in total. The fraction of sp³-hybridized carbons (Fsp3) is 0.353. The van der Waals surface area contributed by atoms with Crippen LogP contribution in [0.2, 0.25) is 0 Å². The molecular formula is C17H16O2. The summed E-state index contributed by atoms with van der Waals surface area (Å²) in [5.74, 6) is 0.148. The molecule has 1 fully saturated rings. The van der Waals surface area contributed by atoms with Crippen molar-refractivity contribution >= 4 is 16.6 Å². The van der Waals surface area contributed by atoms with Crippen LogP contribution in [0.4, 0.5) is 0 Å². The molecule has 2 aromatic rings. The molecule has 0 saturated carbocycles. The Balaban J connectivity index is 2.11. The lowest BCUT2D eigenvalue weighted by molar-refractivity contribution is -0.235. The topological polar surface area (TPSA) is 26.3 Å². The van der Waals surface area contributed by atoms with E-state index in [4.69, 9.17) is 4.74 Å². The highest BCUT2D eigenvalue weighted by molar-refractivity contribution is 6.20. The molecule has 0 radical (unpaired) electrons. The van der Waals surface area contributed by atoms with Crippen molar-refractivity contribution in [2.75, 3.05) is 6.61 Å². The van der Waals surface area contributed by atoms with Crippen LogP contribution in [0.3, 0.4) is 0 Å². The van der Waals surface area contributed by atoms with Gasteiger partial charge in [-0.15, -0.1) is 0 Å². The van der Waals surface area contributed by atoms with Crippen LogP contribution in [0.15, 0.2) is 36.4 Å². The molecule has 1 aliphatic carbocycles. The Bertz CT molecular complexity index is 709. The Morgan fingerprint density at radius 1 is 1.21 bits per heavy atom. The average molecular weight is 252 g/mol. The van der Waals surface area contributed by atoms with Gasteiger partial charge in [-0.2, -0.15) is 0 Å². The summed E-state index contributed by atoms with van der Waals surface area (Å²) in [6.45, 7) is 4.97. The van der Waals surface area contributed by atoms with Gasteiger partial charge in [0.2, 0.25) is 5.78 Å². The molecule has 2 unspecified atom stereocenters. The first kappa shape index (κ1) is 11.2. The summed E-state index contributed by atoms with van der Waals surface area (Å²) in [7, 11) is 0. The maximum Gasteiger partial charge on any atom is 0.200 e. The first-order valence-electron chi connectivity index (χ1n) is 6.85. The van der Waals surface area contributed by atoms with Gasteiger partial charge < -0.3 is 4.74 Å². The number of carbonyl (C=O) groups is 1. The molecule has 4 rings (SSSR count). The van der Waals surface area contributed by atoms with Crippen molar-refractivity contribution in [3.63, 3.8) is 0 Å². The summed E-state index contributed by atoms with van der Waals surface area (Å²) >= 11 is 0. The molecule has 2 heteroatoms. The number of Topliss-reactive ketones (excluding diaryl/α,β-unsaturated/α-hetero) is 1. The van der Waals surface area contributed by atoms with E-state index in [2.05, 4.69) is 32.0 Å². The highest BCUT2D eigenvalue weighted by Gasteiger charge is 2.65. The molecule has 0 aromatic heterocycles. The summed E-state index contributed by atoms with van der Waals surface area (Å²) in [6, 6.07) is 12.1. The molecule has 0 bridgehead atoms. The molecule has 1 spiro atoms. The third-order valence-corrected chi connectivity index (χ3v) is 5.09. The Morgan fingerprint density at radius 3 is 2.58 bits per heavy atom. The lowest BCUT2D eigenvalue weighted by Gasteiger charge is -2.54. The second-order valence-corrected chi connectivity index (χ2v) is 5.92. The van der Waals surface area contributed by atoms with E-state index in [0.29, 0.717) is 6.61 Å². The lowest BCUT2D eigenvalue weighted by Crippen LogP contribution is -2.61. The van der Waals surface area contributed by atoms with Gasteiger partial charge in [0.05, 0.1) is 6.61 Å². The predicted octanol–water partition coefficient (Wildman–Crippen LogP) is 3.68. The van der Waals surface area contributed by atoms with E-state index in [1.54, 1.807) is 0 Å². The van der Waals surface area contributed by atoms with Gasteiger partial charge >= 0.3 is 0 Å². The van der Waals surface area contributed by atoms with Crippen LogP contribution < -0.4 is 0 Å². The van der Waals surface area contributed by atoms with Crippen molar-refractivity contribution < 1.29 is 9.53 Å². The van der Waals surface area contributed by atoms with E-state index in [0.717, 1.165) is 28.3 Å². The number of hydrogen-bond donors (Lipinski definition) is 0. The molecule has 2 aliphatic rings. The van der Waals surface area contributed by atoms with Crippen LogP contribution in [-0.2, 0) is 10.3 Å². The van der Waals surface area contributed by atoms with Gasteiger partial charge in [0.1, 0.15) is 0 Å². The van der Waals surface area contributed by atoms with Crippen LogP contribution in [0.25, 0.3) is 10.8 Å². The van der Waals surface area contributed by atoms with Crippen molar-refractivity contribution in [3.8, 4) is 0 Å². The molecule has 0 amide bonds. The minimum absolute atomic E-state index is 0.0859. The Kier molecular flexibility index (Phi) is 1.92. The van der Waals surface area contributed by atoms with E-state index >= 15 is 0 Å². The standard InChI is InChI=1S/C17H16O2/c1-3-16(2)10-19-17(16)13-9-5-7-11-6-4-8-12(14(11)13)15(17)18/h4-9H,3,10H2,1-2H3. The molecule has 2 atom stereocenters. The lowest BCUT2D eigenvalue weighted by atomic mass is 9.63. The van der Waals surface area contributed by atoms with Crippen molar-refractivity contribution in [2.45, 2.75) is 25.9 Å². The predicted molar refractivity (Wildman–Crippen MR) is 74.3 cm³/mol. The zero-order valence-electron chi connectivity index (χ0n) is 11.2. The second-order valence-electron chi connectivity index (χ2n) is 5.92. The minimum Gasteiger partial charge on any atom is -0.361 e. The van der Waals surface area contributed by atoms with Crippen LogP contribution in [-0.4, -0.2) is 12.4 Å². The monoisotopic (exact) mass is 252 g/mol. The van der Waals surface area contributed by atoms with Crippen molar-refractivity contribution in [2.24, 2.45) is 5.41 Å². The van der Waals surface area contributed by atoms with Gasteiger partial charge in [0.15, 0.2) is 5.60 Å². The molecule has 96 valence electrons. The SMILES string of the molecule is CCC1(C)COC12C(=O)c1cccc3cccc2c13. The largest absolute Gasteiger partial charge is 0.361 e. The minimum atomic E-state index is -0.731. The fourth-order valence-electron chi connectivity index (χ4n) is 3.69. The van der Waals surface area contributed by atoms with E-state index in [1.807, 2.05) is 18.2 Å². The van der Waals surface area contributed by atoms with Gasteiger partial charge in [-0.05, 0) is 17.2 Å². The number of ketones is 1. The summed E-state index contributed by atoms with van der Waals surface area (Å²) in [6.07, 6.45) is 0.948. The maximum atomic E-state index is 12.9. The highest BCUT2D eigenvalue weighted by atomic mass is 16.5. The smallest absolute Gasteiger partial charge is 0.200 e. The number of rotatable bonds is 1. The Labute approximate surface area is 112 Å². The molecule has 2 aromatic carbocycles. The van der Waals surface area contributed by atoms with E-state index in [9.17, 15) is 4.79 Å². The van der Waals surface area contributed by atoms with Crippen LogP contribution in [0, 0.1) is 5.41 Å². The van der Waals surface area contributed by atoms with E-state index < -0.39 is 5.60 Å². The summed E-state index contributed by atoms with van der Waals surface area (Å²) in [4.78, 5) is 12.9. The Morgan fingerprint density at radius 2 is 1.95 bits per heavy atom. The van der Waals surface area contributed by atoms with Gasteiger partial charge in [0, 0.05) is 16.5 Å². The number of hydrogen-bond acceptors (Lipinski definition) is 2. The van der Waals surface area contributed by atoms with Crippen LogP contribution >= 0.6 is 0 Å². The van der Waals surface area contributed by atoms with Gasteiger partial charge in [-0.3, -0.25) is 4.79 Å². The molecular weight excluding hydrogens is 236 g/mol. The Hall–Kier alpha value is -1.67. The summed E-state index contributed by atoms with van der Waals surface area (Å²) in [5.41, 5.74) is 1.08. The normalized spacial score (nSPS) is 32.0. The molecule has 1 saturated heterocycles. The molecule has 19 heavy (non-hydrogen) atoms. The third-order valence-electron chi connectivity index (χ3n) is 5.09. The highest BCUT2D eigenvalue weighted by Crippen LogP contribution is 2.60. The number of ether oxygens (including phenoxy) is 1. The van der Waals surface area contributed by atoms with Gasteiger partial charge in [-0.1, -0.05) is 50.2 Å². The molecule has 1 aliphatic heterocycles. The average Bonchev–Trinajstić information content (AvgIpc) is 2.71. The van der Waals surface area contributed by atoms with Crippen LogP contribution in [0.5, 0.6) is 0 Å².